The summed E-state index contributed by atoms with van der Waals surface area (Å²) in [5.74, 6) is 0.649. The molecule has 0 saturated heterocycles. The summed E-state index contributed by atoms with van der Waals surface area (Å²) in [6, 6.07) is 10.5. The Balaban J connectivity index is 0.00000116. The molecule has 4 heteroatoms. The molecule has 0 bridgehead atoms. The molecule has 1 amide bonds. The Labute approximate surface area is 133 Å². The van der Waals surface area contributed by atoms with Crippen molar-refractivity contribution in [2.24, 2.45) is 4.99 Å². The second kappa shape index (κ2) is 9.90. The third kappa shape index (κ3) is 5.82. The van der Waals surface area contributed by atoms with E-state index in [9.17, 15) is 4.79 Å². The van der Waals surface area contributed by atoms with Crippen molar-refractivity contribution in [1.29, 1.82) is 0 Å². The van der Waals surface area contributed by atoms with Gasteiger partial charge in [0.25, 0.3) is 0 Å². The minimum atomic E-state index is 0.649. The Kier molecular flexibility index (Phi) is 8.15. The highest BCUT2D eigenvalue weighted by atomic mass is 16.1. The first-order valence-corrected chi connectivity index (χ1v) is 7.89. The third-order valence-corrected chi connectivity index (χ3v) is 3.49. The molecule has 1 aromatic carbocycles. The molecule has 1 aromatic rings. The first-order valence-electron chi connectivity index (χ1n) is 7.89. The maximum absolute atomic E-state index is 10.4. The van der Waals surface area contributed by atoms with Crippen molar-refractivity contribution in [1.82, 2.24) is 10.2 Å². The van der Waals surface area contributed by atoms with E-state index in [-0.39, 0.29) is 0 Å². The predicted molar refractivity (Wildman–Crippen MR) is 92.7 cm³/mol. The minimum absolute atomic E-state index is 0.649. The molecule has 0 aliphatic carbocycles. The summed E-state index contributed by atoms with van der Waals surface area (Å²) in [7, 11) is 0. The Morgan fingerprint density at radius 2 is 2.00 bits per heavy atom. The highest BCUT2D eigenvalue weighted by Crippen LogP contribution is 2.20. The van der Waals surface area contributed by atoms with Crippen LogP contribution in [-0.4, -0.2) is 30.2 Å². The topological polar surface area (TPSA) is 44.7 Å². The van der Waals surface area contributed by atoms with Crippen LogP contribution in [0, 0.1) is 0 Å². The quantitative estimate of drug-likeness (QED) is 0.526. The molecule has 0 fully saturated rings. The van der Waals surface area contributed by atoms with Crippen LogP contribution in [0.25, 0.3) is 0 Å². The summed E-state index contributed by atoms with van der Waals surface area (Å²) in [6.45, 7) is 10.8. The van der Waals surface area contributed by atoms with Gasteiger partial charge in [-0.15, -0.1) is 0 Å². The Morgan fingerprint density at radius 3 is 2.64 bits per heavy atom. The van der Waals surface area contributed by atoms with Crippen LogP contribution in [0.15, 0.2) is 46.6 Å². The molecule has 1 heterocycles. The van der Waals surface area contributed by atoms with E-state index < -0.39 is 0 Å². The van der Waals surface area contributed by atoms with E-state index in [1.165, 1.54) is 11.1 Å². The van der Waals surface area contributed by atoms with Gasteiger partial charge < -0.3 is 5.32 Å². The fraction of sp³-hybridized carbons (Fsp3) is 0.444. The minimum Gasteiger partial charge on any atom is -0.317 e. The summed E-state index contributed by atoms with van der Waals surface area (Å²) in [5, 5.41) is 2.59. The Bertz CT molecular complexity index is 520. The number of hydrogen-bond acceptors (Lipinski definition) is 3. The lowest BCUT2D eigenvalue weighted by atomic mass is 10.1. The van der Waals surface area contributed by atoms with Crippen LogP contribution in [0.1, 0.15) is 39.7 Å². The van der Waals surface area contributed by atoms with Crippen LogP contribution in [0.3, 0.4) is 0 Å². The number of amides is 1. The van der Waals surface area contributed by atoms with Crippen molar-refractivity contribution in [3.05, 3.63) is 47.2 Å². The summed E-state index contributed by atoms with van der Waals surface area (Å²) >= 11 is 0. The largest absolute Gasteiger partial charge is 0.317 e. The van der Waals surface area contributed by atoms with E-state index in [4.69, 9.17) is 0 Å². The second-order valence-electron chi connectivity index (χ2n) is 5.13. The normalized spacial score (nSPS) is 15.9. The summed E-state index contributed by atoms with van der Waals surface area (Å²) in [4.78, 5) is 17.3. The number of carbonyl (C=O) groups is 1. The van der Waals surface area contributed by atoms with Gasteiger partial charge >= 0.3 is 0 Å². The van der Waals surface area contributed by atoms with E-state index in [1.807, 2.05) is 26.8 Å². The molecule has 1 aliphatic heterocycles. The Morgan fingerprint density at radius 1 is 1.32 bits per heavy atom. The molecule has 0 aromatic heterocycles. The van der Waals surface area contributed by atoms with Crippen LogP contribution in [0.2, 0.25) is 0 Å². The fourth-order valence-corrected chi connectivity index (χ4v) is 2.32. The number of benzene rings is 1. The van der Waals surface area contributed by atoms with Crippen molar-refractivity contribution in [3.63, 3.8) is 0 Å². The van der Waals surface area contributed by atoms with Crippen LogP contribution in [0.4, 0.5) is 0 Å². The zero-order chi connectivity index (χ0) is 16.4. The highest BCUT2D eigenvalue weighted by Gasteiger charge is 2.16. The maximum Gasteiger partial charge on any atom is 0.212 e. The first-order chi connectivity index (χ1) is 10.7. The number of carbonyl (C=O) groups excluding carboxylic acids is 1. The van der Waals surface area contributed by atoms with Crippen molar-refractivity contribution in [2.75, 3.05) is 13.1 Å². The van der Waals surface area contributed by atoms with Gasteiger partial charge in [-0.2, -0.15) is 0 Å². The lowest BCUT2D eigenvalue weighted by molar-refractivity contribution is -0.108. The first kappa shape index (κ1) is 18.1. The molecule has 1 N–H and O–H groups in total. The van der Waals surface area contributed by atoms with Gasteiger partial charge in [-0.25, -0.2) is 4.99 Å². The summed E-state index contributed by atoms with van der Waals surface area (Å²) in [5.41, 5.74) is 3.69. The third-order valence-electron chi connectivity index (χ3n) is 3.49. The SMILES string of the molecule is CC.CC(=NC1=C(C)CCN(Cc2ccccc2)C1)NC=O. The second-order valence-corrected chi connectivity index (χ2v) is 5.13. The van der Waals surface area contributed by atoms with Crippen LogP contribution < -0.4 is 5.32 Å². The molecular formula is C18H27N3O. The van der Waals surface area contributed by atoms with Gasteiger partial charge in [-0.3, -0.25) is 9.69 Å². The van der Waals surface area contributed by atoms with Crippen molar-refractivity contribution in [3.8, 4) is 0 Å². The van der Waals surface area contributed by atoms with Crippen LogP contribution in [-0.2, 0) is 11.3 Å². The average molecular weight is 301 g/mol. The predicted octanol–water partition coefficient (Wildman–Crippen LogP) is 3.36. The highest BCUT2D eigenvalue weighted by molar-refractivity contribution is 5.89. The molecule has 4 nitrogen and oxygen atoms in total. The summed E-state index contributed by atoms with van der Waals surface area (Å²) < 4.78 is 0. The van der Waals surface area contributed by atoms with Crippen molar-refractivity contribution < 1.29 is 4.79 Å². The average Bonchev–Trinajstić information content (AvgIpc) is 2.54. The molecule has 2 rings (SSSR count). The van der Waals surface area contributed by atoms with E-state index >= 15 is 0 Å². The number of hydrogen-bond donors (Lipinski definition) is 1. The van der Waals surface area contributed by atoms with Crippen LogP contribution >= 0.6 is 0 Å². The Hall–Kier alpha value is -1.94. The van der Waals surface area contributed by atoms with E-state index in [1.54, 1.807) is 0 Å². The molecule has 0 atom stereocenters. The molecule has 1 aliphatic rings. The van der Waals surface area contributed by atoms with Crippen LogP contribution in [0.5, 0.6) is 0 Å². The van der Waals surface area contributed by atoms with Gasteiger partial charge in [-0.1, -0.05) is 44.2 Å². The smallest absolute Gasteiger partial charge is 0.212 e. The maximum atomic E-state index is 10.4. The van der Waals surface area contributed by atoms with Gasteiger partial charge in [0.05, 0.1) is 5.70 Å². The molecule has 0 saturated carbocycles. The number of aliphatic imine (C=N–C) groups is 1. The number of nitrogens with one attached hydrogen (secondary N) is 1. The lowest BCUT2D eigenvalue weighted by Gasteiger charge is -2.28. The standard InChI is InChI=1S/C16H21N3O.C2H6/c1-13-8-9-19(10-15-6-4-3-5-7-15)11-16(13)18-14(2)17-12-20;1-2/h3-7,12H,8-11H2,1-2H3,(H,17,18,20);1-2H3. The molecule has 0 unspecified atom stereocenters. The lowest BCUT2D eigenvalue weighted by Crippen LogP contribution is -2.31. The molecule has 0 radical (unpaired) electrons. The van der Waals surface area contributed by atoms with E-state index in [2.05, 4.69) is 46.4 Å². The zero-order valence-electron chi connectivity index (χ0n) is 14.1. The van der Waals surface area contributed by atoms with Gasteiger partial charge in [-0.05, 0) is 31.4 Å². The molecule has 120 valence electrons. The van der Waals surface area contributed by atoms with Gasteiger partial charge in [0.15, 0.2) is 0 Å². The number of rotatable bonds is 4. The zero-order valence-corrected chi connectivity index (χ0v) is 14.1. The van der Waals surface area contributed by atoms with E-state index in [0.717, 1.165) is 31.8 Å². The summed E-state index contributed by atoms with van der Waals surface area (Å²) in [6.07, 6.45) is 1.69. The molecule has 0 spiro atoms. The van der Waals surface area contributed by atoms with Gasteiger partial charge in [0.2, 0.25) is 6.41 Å². The van der Waals surface area contributed by atoms with Gasteiger partial charge in [0, 0.05) is 19.6 Å². The van der Waals surface area contributed by atoms with E-state index in [0.29, 0.717) is 12.2 Å². The van der Waals surface area contributed by atoms with Gasteiger partial charge in [0.1, 0.15) is 5.84 Å². The van der Waals surface area contributed by atoms with Crippen molar-refractivity contribution >= 4 is 12.2 Å². The monoisotopic (exact) mass is 301 g/mol. The number of amidine groups is 1. The number of nitrogens with zero attached hydrogens (tertiary/aromatic N) is 2. The van der Waals surface area contributed by atoms with Crippen molar-refractivity contribution in [2.45, 2.75) is 40.7 Å². The molecular weight excluding hydrogens is 274 g/mol. The fourth-order valence-electron chi connectivity index (χ4n) is 2.32. The molecule has 22 heavy (non-hydrogen) atoms.